The van der Waals surface area contributed by atoms with E-state index in [1.54, 1.807) is 19.2 Å². The zero-order valence-electron chi connectivity index (χ0n) is 20.3. The monoisotopic (exact) mass is 518 g/mol. The van der Waals surface area contributed by atoms with E-state index in [-0.39, 0.29) is 42.3 Å². The Labute approximate surface area is 216 Å². The molecule has 0 radical (unpaired) electrons. The number of nitrogens with zero attached hydrogens (tertiary/aromatic N) is 3. The lowest BCUT2D eigenvalue weighted by Gasteiger charge is -2.21. The van der Waals surface area contributed by atoms with Crippen LogP contribution in [0.2, 0.25) is 0 Å². The maximum absolute atomic E-state index is 13.4. The summed E-state index contributed by atoms with van der Waals surface area (Å²) in [4.78, 5) is 37.9. The smallest absolute Gasteiger partial charge is 0.273 e. The van der Waals surface area contributed by atoms with E-state index in [1.165, 1.54) is 59.5 Å². The predicted octanol–water partition coefficient (Wildman–Crippen LogP) is 4.50. The second kappa shape index (κ2) is 11.8. The van der Waals surface area contributed by atoms with Crippen LogP contribution in [-0.2, 0) is 19.6 Å². The molecule has 0 fully saturated rings. The lowest BCUT2D eigenvalue weighted by Crippen LogP contribution is -2.30. The molecule has 4 aromatic rings. The molecule has 1 aromatic heterocycles. The number of benzene rings is 3. The molecule has 0 saturated carbocycles. The zero-order valence-corrected chi connectivity index (χ0v) is 20.3. The summed E-state index contributed by atoms with van der Waals surface area (Å²) in [6.07, 6.45) is 0. The molecular formula is C27H23FN4O6. The van der Waals surface area contributed by atoms with Crippen molar-refractivity contribution in [3.05, 3.63) is 123 Å². The number of hydrogen-bond donors (Lipinski definition) is 1. The Kier molecular flexibility index (Phi) is 8.07. The highest BCUT2D eigenvalue weighted by Gasteiger charge is 2.22. The first-order chi connectivity index (χ1) is 18.3. The second-order valence-corrected chi connectivity index (χ2v) is 8.30. The van der Waals surface area contributed by atoms with Crippen molar-refractivity contribution in [2.24, 2.45) is 0 Å². The molecule has 0 spiro atoms. The van der Waals surface area contributed by atoms with Crippen LogP contribution in [0.3, 0.4) is 0 Å². The molecule has 2 amide bonds. The van der Waals surface area contributed by atoms with Gasteiger partial charge in [-0.15, -0.1) is 0 Å². The van der Waals surface area contributed by atoms with Crippen molar-refractivity contribution in [1.82, 2.24) is 15.4 Å². The van der Waals surface area contributed by atoms with E-state index in [2.05, 4.69) is 10.5 Å². The van der Waals surface area contributed by atoms with Crippen LogP contribution in [0.25, 0.3) is 0 Å². The molecule has 0 atom stereocenters. The van der Waals surface area contributed by atoms with Gasteiger partial charge in [-0.25, -0.2) is 4.39 Å². The Morgan fingerprint density at radius 2 is 1.74 bits per heavy atom. The van der Waals surface area contributed by atoms with Crippen LogP contribution in [0.1, 0.15) is 37.7 Å². The third kappa shape index (κ3) is 6.58. The molecule has 11 heteroatoms. The molecule has 0 bridgehead atoms. The van der Waals surface area contributed by atoms with Crippen LogP contribution >= 0.6 is 0 Å². The number of amides is 2. The molecule has 3 aromatic carbocycles. The number of methoxy groups -OCH3 is 1. The van der Waals surface area contributed by atoms with Crippen molar-refractivity contribution in [2.45, 2.75) is 19.6 Å². The summed E-state index contributed by atoms with van der Waals surface area (Å²) >= 11 is 0. The number of non-ortho nitro benzene ring substituents is 1. The van der Waals surface area contributed by atoms with E-state index in [0.717, 1.165) is 5.56 Å². The van der Waals surface area contributed by atoms with Crippen LogP contribution in [-0.4, -0.2) is 33.9 Å². The van der Waals surface area contributed by atoms with Gasteiger partial charge in [0.1, 0.15) is 11.6 Å². The van der Waals surface area contributed by atoms with E-state index in [9.17, 15) is 24.1 Å². The average Bonchev–Trinajstić information content (AvgIpc) is 3.41. The number of carbonyl (C=O) groups excluding carboxylic acids is 2. The SMILES string of the molecule is COc1ccc(CNC(=O)c2cc(CN(Cc3ccc(F)cc3)C(=O)c3cccc([N+](=O)[O-])c3)on2)cc1. The predicted molar refractivity (Wildman–Crippen MR) is 134 cm³/mol. The minimum atomic E-state index is -0.589. The minimum Gasteiger partial charge on any atom is -0.497 e. The normalized spacial score (nSPS) is 10.6. The van der Waals surface area contributed by atoms with Crippen LogP contribution in [0, 0.1) is 15.9 Å². The summed E-state index contributed by atoms with van der Waals surface area (Å²) < 4.78 is 23.8. The van der Waals surface area contributed by atoms with E-state index in [1.807, 2.05) is 12.1 Å². The largest absolute Gasteiger partial charge is 0.497 e. The van der Waals surface area contributed by atoms with Crippen LogP contribution in [0.15, 0.2) is 83.4 Å². The molecular weight excluding hydrogens is 495 g/mol. The number of nitro benzene ring substituents is 1. The highest BCUT2D eigenvalue weighted by Crippen LogP contribution is 2.19. The highest BCUT2D eigenvalue weighted by atomic mass is 19.1. The molecule has 0 saturated heterocycles. The first-order valence-electron chi connectivity index (χ1n) is 11.5. The van der Waals surface area contributed by atoms with Gasteiger partial charge in [-0.3, -0.25) is 19.7 Å². The summed E-state index contributed by atoms with van der Waals surface area (Å²) in [6, 6.07) is 19.6. The van der Waals surface area contributed by atoms with E-state index in [0.29, 0.717) is 11.3 Å². The molecule has 194 valence electrons. The summed E-state index contributed by atoms with van der Waals surface area (Å²) in [6.45, 7) is 0.228. The summed E-state index contributed by atoms with van der Waals surface area (Å²) in [5, 5.41) is 17.7. The Morgan fingerprint density at radius 3 is 2.42 bits per heavy atom. The number of nitro groups is 1. The van der Waals surface area contributed by atoms with Gasteiger partial charge in [0.2, 0.25) is 0 Å². The van der Waals surface area contributed by atoms with Gasteiger partial charge in [0.25, 0.3) is 17.5 Å². The molecule has 0 unspecified atom stereocenters. The zero-order chi connectivity index (χ0) is 27.1. The van der Waals surface area contributed by atoms with Gasteiger partial charge in [0.05, 0.1) is 18.6 Å². The second-order valence-electron chi connectivity index (χ2n) is 8.30. The van der Waals surface area contributed by atoms with Crippen molar-refractivity contribution in [1.29, 1.82) is 0 Å². The van der Waals surface area contributed by atoms with Crippen molar-refractivity contribution < 1.29 is 28.2 Å². The quantitative estimate of drug-likeness (QED) is 0.242. The maximum Gasteiger partial charge on any atom is 0.273 e. The Hall–Kier alpha value is -5.06. The minimum absolute atomic E-state index is 0.0260. The standard InChI is InChI=1S/C27H23FN4O6/c1-37-23-11-7-18(8-12-23)15-29-26(33)25-14-24(38-30-25)17-31(16-19-5-9-21(28)10-6-19)27(34)20-3-2-4-22(13-20)32(35)36/h2-14H,15-17H2,1H3,(H,29,33). The molecule has 1 heterocycles. The molecule has 1 N–H and O–H groups in total. The topological polar surface area (TPSA) is 128 Å². The fourth-order valence-electron chi connectivity index (χ4n) is 3.64. The van der Waals surface area contributed by atoms with Crippen molar-refractivity contribution >= 4 is 17.5 Å². The summed E-state index contributed by atoms with van der Waals surface area (Å²) in [5.74, 6) is -0.483. The number of ether oxygens (including phenoxy) is 1. The molecule has 0 aliphatic rings. The maximum atomic E-state index is 13.4. The van der Waals surface area contributed by atoms with Crippen molar-refractivity contribution in [3.8, 4) is 5.75 Å². The first kappa shape index (κ1) is 26.0. The average molecular weight is 519 g/mol. The molecule has 0 aliphatic carbocycles. The molecule has 0 aliphatic heterocycles. The van der Waals surface area contributed by atoms with E-state index in [4.69, 9.17) is 9.26 Å². The third-order valence-corrected chi connectivity index (χ3v) is 5.63. The summed E-state index contributed by atoms with van der Waals surface area (Å²) in [7, 11) is 1.57. The van der Waals surface area contributed by atoms with Gasteiger partial charge in [0.15, 0.2) is 11.5 Å². The fourth-order valence-corrected chi connectivity index (χ4v) is 3.64. The van der Waals surface area contributed by atoms with Crippen LogP contribution in [0.5, 0.6) is 5.75 Å². The third-order valence-electron chi connectivity index (χ3n) is 5.63. The molecule has 4 rings (SSSR count). The lowest BCUT2D eigenvalue weighted by molar-refractivity contribution is -0.384. The van der Waals surface area contributed by atoms with Gasteiger partial charge >= 0.3 is 0 Å². The lowest BCUT2D eigenvalue weighted by atomic mass is 10.1. The van der Waals surface area contributed by atoms with Gasteiger partial charge in [-0.2, -0.15) is 0 Å². The molecule has 38 heavy (non-hydrogen) atoms. The first-order valence-corrected chi connectivity index (χ1v) is 11.5. The number of carbonyl (C=O) groups is 2. The number of halogens is 1. The van der Waals surface area contributed by atoms with Gasteiger partial charge in [-0.05, 0) is 41.5 Å². The summed E-state index contributed by atoms with van der Waals surface area (Å²) in [5.41, 5.74) is 1.38. The van der Waals surface area contributed by atoms with Gasteiger partial charge in [0, 0.05) is 36.9 Å². The van der Waals surface area contributed by atoms with E-state index >= 15 is 0 Å². The Bertz CT molecular complexity index is 1440. The number of rotatable bonds is 10. The Morgan fingerprint density at radius 1 is 1.03 bits per heavy atom. The van der Waals surface area contributed by atoms with Crippen LogP contribution in [0.4, 0.5) is 10.1 Å². The fraction of sp³-hybridized carbons (Fsp3) is 0.148. The van der Waals surface area contributed by atoms with Gasteiger partial charge in [-0.1, -0.05) is 35.5 Å². The van der Waals surface area contributed by atoms with Crippen molar-refractivity contribution in [2.75, 3.05) is 7.11 Å². The molecule has 10 nitrogen and oxygen atoms in total. The van der Waals surface area contributed by atoms with Crippen molar-refractivity contribution in [3.63, 3.8) is 0 Å². The number of nitrogens with one attached hydrogen (secondary N) is 1. The number of hydrogen-bond acceptors (Lipinski definition) is 7. The Balaban J connectivity index is 1.49. The highest BCUT2D eigenvalue weighted by molar-refractivity contribution is 5.95. The van der Waals surface area contributed by atoms with E-state index < -0.39 is 22.6 Å². The van der Waals surface area contributed by atoms with Gasteiger partial charge < -0.3 is 19.5 Å². The van der Waals surface area contributed by atoms with Crippen LogP contribution < -0.4 is 10.1 Å². The number of aromatic nitrogens is 1.